The minimum Gasteiger partial charge on any atom is -0.495 e. The number of nitrogens with two attached hydrogens (primary N) is 1. The molecule has 0 unspecified atom stereocenters. The van der Waals surface area contributed by atoms with Gasteiger partial charge in [-0.25, -0.2) is 8.42 Å². The number of hydrogen-bond acceptors (Lipinski definition) is 4. The fourth-order valence-electron chi connectivity index (χ4n) is 2.15. The van der Waals surface area contributed by atoms with Gasteiger partial charge in [-0.3, -0.25) is 0 Å². The average Bonchev–Trinajstić information content (AvgIpc) is 2.35. The molecule has 1 aromatic rings. The van der Waals surface area contributed by atoms with Gasteiger partial charge in [-0.1, -0.05) is 12.5 Å². The summed E-state index contributed by atoms with van der Waals surface area (Å²) in [6.07, 6.45) is 2.95. The first kappa shape index (κ1) is 14.3. The normalized spacial score (nSPS) is 16.4. The van der Waals surface area contributed by atoms with Crippen LogP contribution in [0, 0.1) is 0 Å². The monoisotopic (exact) mass is 284 g/mol. The van der Waals surface area contributed by atoms with Gasteiger partial charge in [0.1, 0.15) is 10.6 Å². The third-order valence-electron chi connectivity index (χ3n) is 3.71. The highest BCUT2D eigenvalue weighted by atomic mass is 32.2. The molecule has 0 radical (unpaired) electrons. The number of sulfonamides is 1. The summed E-state index contributed by atoms with van der Waals surface area (Å²) >= 11 is 0. The second-order valence-electron chi connectivity index (χ2n) is 4.80. The second-order valence-corrected chi connectivity index (χ2v) is 6.76. The van der Waals surface area contributed by atoms with Crippen molar-refractivity contribution in [1.82, 2.24) is 4.31 Å². The van der Waals surface area contributed by atoms with E-state index in [-0.39, 0.29) is 10.9 Å². The van der Waals surface area contributed by atoms with E-state index in [1.165, 1.54) is 11.4 Å². The molecular weight excluding hydrogens is 264 g/mol. The Labute approximate surface area is 114 Å². The minimum absolute atomic E-state index is 0.115. The molecule has 0 heterocycles. The van der Waals surface area contributed by atoms with E-state index in [0.717, 1.165) is 24.8 Å². The van der Waals surface area contributed by atoms with Crippen molar-refractivity contribution in [3.63, 3.8) is 0 Å². The molecule has 6 heteroatoms. The summed E-state index contributed by atoms with van der Waals surface area (Å²) in [4.78, 5) is 0.210. The van der Waals surface area contributed by atoms with Crippen LogP contribution >= 0.6 is 0 Å². The molecule has 1 saturated carbocycles. The quantitative estimate of drug-likeness (QED) is 0.885. The molecule has 0 aliphatic heterocycles. The predicted molar refractivity (Wildman–Crippen MR) is 73.5 cm³/mol. The molecule has 0 amide bonds. The van der Waals surface area contributed by atoms with Gasteiger partial charge in [0.15, 0.2) is 0 Å². The van der Waals surface area contributed by atoms with Crippen LogP contribution < -0.4 is 10.5 Å². The zero-order chi connectivity index (χ0) is 14.0. The molecule has 0 saturated heterocycles. The highest BCUT2D eigenvalue weighted by molar-refractivity contribution is 7.89. The summed E-state index contributed by atoms with van der Waals surface area (Å²) in [5, 5.41) is 0. The van der Waals surface area contributed by atoms with E-state index < -0.39 is 10.0 Å². The lowest BCUT2D eigenvalue weighted by Gasteiger charge is -2.34. The first-order valence-corrected chi connectivity index (χ1v) is 7.79. The summed E-state index contributed by atoms with van der Waals surface area (Å²) < 4.78 is 31.8. The zero-order valence-corrected chi connectivity index (χ0v) is 12.1. The lowest BCUT2D eigenvalue weighted by atomic mass is 9.94. The first-order chi connectivity index (χ1) is 9.00. The summed E-state index contributed by atoms with van der Waals surface area (Å²) in [5.74, 6) is 0.356. The summed E-state index contributed by atoms with van der Waals surface area (Å²) in [6, 6.07) is 5.10. The van der Waals surface area contributed by atoms with Crippen molar-refractivity contribution in [3.05, 3.63) is 23.8 Å². The van der Waals surface area contributed by atoms with Gasteiger partial charge in [-0.05, 0) is 30.5 Å². The first-order valence-electron chi connectivity index (χ1n) is 6.35. The highest BCUT2D eigenvalue weighted by Gasteiger charge is 2.33. The molecule has 5 nitrogen and oxygen atoms in total. The van der Waals surface area contributed by atoms with Crippen LogP contribution in [0.3, 0.4) is 0 Å². The molecule has 1 aromatic carbocycles. The Bertz CT molecular complexity index is 553. The van der Waals surface area contributed by atoms with Crippen LogP contribution in [0.1, 0.15) is 24.8 Å². The van der Waals surface area contributed by atoms with Crippen LogP contribution in [-0.2, 0) is 16.6 Å². The molecule has 2 rings (SSSR count). The number of benzene rings is 1. The van der Waals surface area contributed by atoms with E-state index in [9.17, 15) is 8.42 Å². The molecule has 0 atom stereocenters. The second kappa shape index (κ2) is 5.48. The lowest BCUT2D eigenvalue weighted by molar-refractivity contribution is 0.249. The zero-order valence-electron chi connectivity index (χ0n) is 11.3. The summed E-state index contributed by atoms with van der Waals surface area (Å²) in [5.41, 5.74) is 6.40. The Hall–Kier alpha value is -1.11. The van der Waals surface area contributed by atoms with Crippen LogP contribution in [0.15, 0.2) is 23.1 Å². The number of methoxy groups -OCH3 is 1. The molecule has 0 spiro atoms. The van der Waals surface area contributed by atoms with Crippen LogP contribution in [0.5, 0.6) is 5.75 Å². The molecule has 19 heavy (non-hydrogen) atoms. The molecular formula is C13H20N2O3S. The van der Waals surface area contributed by atoms with Crippen LogP contribution in [0.4, 0.5) is 0 Å². The molecule has 1 fully saturated rings. The van der Waals surface area contributed by atoms with Gasteiger partial charge < -0.3 is 10.5 Å². The van der Waals surface area contributed by atoms with E-state index >= 15 is 0 Å². The number of ether oxygens (including phenoxy) is 1. The third kappa shape index (κ3) is 2.61. The maximum Gasteiger partial charge on any atom is 0.246 e. The molecule has 1 aliphatic rings. The van der Waals surface area contributed by atoms with Gasteiger partial charge >= 0.3 is 0 Å². The van der Waals surface area contributed by atoms with E-state index in [1.54, 1.807) is 25.2 Å². The van der Waals surface area contributed by atoms with Crippen molar-refractivity contribution < 1.29 is 13.2 Å². The molecule has 1 aliphatic carbocycles. The molecule has 2 N–H and O–H groups in total. The Morgan fingerprint density at radius 3 is 2.58 bits per heavy atom. The Morgan fingerprint density at radius 2 is 2.11 bits per heavy atom. The minimum atomic E-state index is -3.50. The largest absolute Gasteiger partial charge is 0.495 e. The van der Waals surface area contributed by atoms with Crippen molar-refractivity contribution in [3.8, 4) is 5.75 Å². The topological polar surface area (TPSA) is 72.6 Å². The Kier molecular flexibility index (Phi) is 4.13. The van der Waals surface area contributed by atoms with Crippen molar-refractivity contribution in [2.24, 2.45) is 5.73 Å². The van der Waals surface area contributed by atoms with Gasteiger partial charge in [-0.2, -0.15) is 4.31 Å². The maximum atomic E-state index is 12.6. The van der Waals surface area contributed by atoms with Crippen molar-refractivity contribution in [1.29, 1.82) is 0 Å². The molecule has 0 bridgehead atoms. The third-order valence-corrected chi connectivity index (χ3v) is 5.66. The standard InChI is InChI=1S/C13H20N2O3S/c1-15(11-4-3-5-11)19(16,17)13-7-6-10(9-14)8-12(13)18-2/h6-8,11H,3-5,9,14H2,1-2H3. The summed E-state index contributed by atoms with van der Waals surface area (Å²) in [6.45, 7) is 0.356. The number of hydrogen-bond donors (Lipinski definition) is 1. The lowest BCUT2D eigenvalue weighted by Crippen LogP contribution is -2.41. The van der Waals surface area contributed by atoms with Gasteiger partial charge in [0, 0.05) is 19.6 Å². The highest BCUT2D eigenvalue weighted by Crippen LogP contribution is 2.32. The fraction of sp³-hybridized carbons (Fsp3) is 0.538. The van der Waals surface area contributed by atoms with E-state index in [0.29, 0.717) is 12.3 Å². The van der Waals surface area contributed by atoms with Gasteiger partial charge in [0.25, 0.3) is 0 Å². The SMILES string of the molecule is COc1cc(CN)ccc1S(=O)(=O)N(C)C1CCC1. The Morgan fingerprint density at radius 1 is 1.42 bits per heavy atom. The van der Waals surface area contributed by atoms with Crippen molar-refractivity contribution >= 4 is 10.0 Å². The van der Waals surface area contributed by atoms with E-state index in [1.807, 2.05) is 0 Å². The fourth-order valence-corrected chi connectivity index (χ4v) is 3.70. The average molecular weight is 284 g/mol. The molecule has 0 aromatic heterocycles. The van der Waals surface area contributed by atoms with Crippen molar-refractivity contribution in [2.45, 2.75) is 36.7 Å². The van der Waals surface area contributed by atoms with E-state index in [4.69, 9.17) is 10.5 Å². The van der Waals surface area contributed by atoms with Gasteiger partial charge in [0.2, 0.25) is 10.0 Å². The maximum absolute atomic E-state index is 12.6. The predicted octanol–water partition coefficient (Wildman–Crippen LogP) is 1.33. The van der Waals surface area contributed by atoms with Crippen LogP contribution in [0.2, 0.25) is 0 Å². The summed E-state index contributed by atoms with van der Waals surface area (Å²) in [7, 11) is -0.395. The smallest absolute Gasteiger partial charge is 0.246 e. The van der Waals surface area contributed by atoms with E-state index in [2.05, 4.69) is 0 Å². The van der Waals surface area contributed by atoms with Gasteiger partial charge in [-0.15, -0.1) is 0 Å². The number of rotatable bonds is 5. The van der Waals surface area contributed by atoms with Crippen LogP contribution in [-0.4, -0.2) is 32.9 Å². The van der Waals surface area contributed by atoms with Crippen LogP contribution in [0.25, 0.3) is 0 Å². The van der Waals surface area contributed by atoms with Gasteiger partial charge in [0.05, 0.1) is 7.11 Å². The number of nitrogens with zero attached hydrogens (tertiary/aromatic N) is 1. The molecule has 106 valence electrons. The van der Waals surface area contributed by atoms with Crippen molar-refractivity contribution in [2.75, 3.05) is 14.2 Å². The Balaban J connectivity index is 2.39.